The Hall–Kier alpha value is -0.900. The van der Waals surface area contributed by atoms with Gasteiger partial charge < -0.3 is 15.3 Å². The van der Waals surface area contributed by atoms with Crippen LogP contribution in [0.2, 0.25) is 0 Å². The van der Waals surface area contributed by atoms with Gasteiger partial charge in [0.2, 0.25) is 0 Å². The predicted octanol–water partition coefficient (Wildman–Crippen LogP) is 0.516. The van der Waals surface area contributed by atoms with E-state index in [-0.39, 0.29) is 12.1 Å². The van der Waals surface area contributed by atoms with E-state index >= 15 is 0 Å². The minimum atomic E-state index is -0.946. The Bertz CT molecular complexity index is 144. The molecule has 0 amide bonds. The minimum absolute atomic E-state index is 0.133. The van der Waals surface area contributed by atoms with Crippen LogP contribution in [0.5, 0.6) is 0 Å². The van der Waals surface area contributed by atoms with Crippen LogP contribution < -0.4 is 0 Å². The number of carboxylic acid groups (broad SMARTS) is 1. The average Bonchev–Trinajstić information content (AvgIpc) is 1.81. The lowest BCUT2D eigenvalue weighted by atomic mass is 10.2. The van der Waals surface area contributed by atoms with E-state index in [1.807, 2.05) is 0 Å². The number of aliphatic carboxylic acids is 1. The van der Waals surface area contributed by atoms with Gasteiger partial charge in [-0.1, -0.05) is 0 Å². The Morgan fingerprint density at radius 1 is 1.80 bits per heavy atom. The summed E-state index contributed by atoms with van der Waals surface area (Å²) in [5.74, 6) is -0.946. The molecular weight excluding hydrogens is 134 g/mol. The van der Waals surface area contributed by atoms with Crippen LogP contribution in [0.15, 0.2) is 0 Å². The molecule has 0 spiro atoms. The largest absolute Gasteiger partial charge is 0.481 e. The second-order valence-electron chi connectivity index (χ2n) is 2.01. The van der Waals surface area contributed by atoms with Gasteiger partial charge in [0.05, 0.1) is 6.42 Å². The summed E-state index contributed by atoms with van der Waals surface area (Å²) < 4.78 is 4.72. The topological polar surface area (TPSA) is 70.4 Å². The first-order chi connectivity index (χ1) is 4.57. The molecule has 0 saturated heterocycles. The smallest absolute Gasteiger partial charge is 0.306 e. The van der Waals surface area contributed by atoms with E-state index in [0.29, 0.717) is 0 Å². The molecule has 1 unspecified atom stereocenters. The molecule has 0 bridgehead atoms. The zero-order valence-corrected chi connectivity index (χ0v) is 6.05. The summed E-state index contributed by atoms with van der Waals surface area (Å²) in [5.41, 5.74) is 0.241. The Kier molecular flexibility index (Phi) is 3.64. The predicted molar refractivity (Wildman–Crippen MR) is 36.5 cm³/mol. The van der Waals surface area contributed by atoms with Crippen LogP contribution in [-0.2, 0) is 9.53 Å². The van der Waals surface area contributed by atoms with Gasteiger partial charge in [-0.3, -0.25) is 4.79 Å². The first-order valence-corrected chi connectivity index (χ1v) is 2.87. The highest BCUT2D eigenvalue weighted by atomic mass is 16.5. The molecule has 2 N–H and O–H groups in total. The highest BCUT2D eigenvalue weighted by Gasteiger charge is 2.13. The first kappa shape index (κ1) is 9.10. The monoisotopic (exact) mass is 145 g/mol. The lowest BCUT2D eigenvalue weighted by Crippen LogP contribution is -2.22. The maximum Gasteiger partial charge on any atom is 0.306 e. The highest BCUT2D eigenvalue weighted by molar-refractivity contribution is 5.87. The SMILES string of the molecule is COC(CC(=O)O)C(C)=N. The van der Waals surface area contributed by atoms with E-state index in [1.54, 1.807) is 0 Å². The lowest BCUT2D eigenvalue weighted by molar-refractivity contribution is -0.138. The number of rotatable bonds is 4. The lowest BCUT2D eigenvalue weighted by Gasteiger charge is -2.09. The van der Waals surface area contributed by atoms with E-state index in [9.17, 15) is 4.79 Å². The van der Waals surface area contributed by atoms with Crippen molar-refractivity contribution < 1.29 is 14.6 Å². The van der Waals surface area contributed by atoms with Crippen molar-refractivity contribution in [1.29, 1.82) is 5.41 Å². The molecule has 0 aliphatic heterocycles. The van der Waals surface area contributed by atoms with Crippen molar-refractivity contribution in [2.24, 2.45) is 0 Å². The van der Waals surface area contributed by atoms with Crippen LogP contribution >= 0.6 is 0 Å². The van der Waals surface area contributed by atoms with Gasteiger partial charge in [0.1, 0.15) is 6.10 Å². The average molecular weight is 145 g/mol. The third-order valence-corrected chi connectivity index (χ3v) is 1.13. The maximum atomic E-state index is 10.1. The Morgan fingerprint density at radius 2 is 2.30 bits per heavy atom. The van der Waals surface area contributed by atoms with Gasteiger partial charge in [-0.15, -0.1) is 0 Å². The molecule has 0 aromatic heterocycles. The zero-order chi connectivity index (χ0) is 8.15. The number of methoxy groups -OCH3 is 1. The molecule has 0 heterocycles. The Morgan fingerprint density at radius 3 is 2.40 bits per heavy atom. The van der Waals surface area contributed by atoms with Crippen LogP contribution in [0, 0.1) is 5.41 Å². The van der Waals surface area contributed by atoms with E-state index in [2.05, 4.69) is 0 Å². The second kappa shape index (κ2) is 4.00. The number of carbonyl (C=O) groups is 1. The number of nitrogens with one attached hydrogen (secondary N) is 1. The van der Waals surface area contributed by atoms with Crippen molar-refractivity contribution >= 4 is 11.7 Å². The maximum absolute atomic E-state index is 10.1. The van der Waals surface area contributed by atoms with Crippen molar-refractivity contribution in [3.8, 4) is 0 Å². The standard InChI is InChI=1S/C6H11NO3/c1-4(7)5(10-2)3-6(8)9/h5,7H,3H2,1-2H3,(H,8,9). The normalized spacial score (nSPS) is 12.6. The summed E-state index contributed by atoms with van der Waals surface area (Å²) in [7, 11) is 1.39. The summed E-state index contributed by atoms with van der Waals surface area (Å²) in [5, 5.41) is 15.3. The van der Waals surface area contributed by atoms with Gasteiger partial charge in [-0.25, -0.2) is 0 Å². The molecule has 58 valence electrons. The third-order valence-electron chi connectivity index (χ3n) is 1.13. The van der Waals surface area contributed by atoms with E-state index in [4.69, 9.17) is 15.3 Å². The first-order valence-electron chi connectivity index (χ1n) is 2.87. The molecule has 4 heteroatoms. The summed E-state index contributed by atoms with van der Waals surface area (Å²) >= 11 is 0. The molecule has 10 heavy (non-hydrogen) atoms. The van der Waals surface area contributed by atoms with Crippen molar-refractivity contribution in [3.05, 3.63) is 0 Å². The zero-order valence-electron chi connectivity index (χ0n) is 6.05. The molecule has 0 aliphatic carbocycles. The minimum Gasteiger partial charge on any atom is -0.481 e. The molecule has 0 aliphatic rings. The second-order valence-corrected chi connectivity index (χ2v) is 2.01. The molecule has 0 fully saturated rings. The summed E-state index contributed by atoms with van der Waals surface area (Å²) in [4.78, 5) is 10.1. The Labute approximate surface area is 59.3 Å². The van der Waals surface area contributed by atoms with Crippen LogP contribution in [0.4, 0.5) is 0 Å². The molecule has 0 aromatic carbocycles. The fourth-order valence-electron chi connectivity index (χ4n) is 0.572. The van der Waals surface area contributed by atoms with E-state index < -0.39 is 12.1 Å². The summed E-state index contributed by atoms with van der Waals surface area (Å²) in [6.45, 7) is 1.52. The van der Waals surface area contributed by atoms with Gasteiger partial charge in [-0.05, 0) is 6.92 Å². The summed E-state index contributed by atoms with van der Waals surface area (Å²) in [6.07, 6.45) is -0.705. The molecule has 0 rings (SSSR count). The molecule has 0 saturated carbocycles. The van der Waals surface area contributed by atoms with Gasteiger partial charge in [0.15, 0.2) is 0 Å². The third kappa shape index (κ3) is 3.19. The Balaban J connectivity index is 3.83. The van der Waals surface area contributed by atoms with Crippen LogP contribution in [-0.4, -0.2) is 30.0 Å². The van der Waals surface area contributed by atoms with Crippen LogP contribution in [0.3, 0.4) is 0 Å². The number of ether oxygens (including phenoxy) is 1. The molecule has 0 radical (unpaired) electrons. The number of hydrogen-bond acceptors (Lipinski definition) is 3. The van der Waals surface area contributed by atoms with E-state index in [0.717, 1.165) is 0 Å². The van der Waals surface area contributed by atoms with Gasteiger partial charge in [-0.2, -0.15) is 0 Å². The van der Waals surface area contributed by atoms with Crippen molar-refractivity contribution in [3.63, 3.8) is 0 Å². The molecular formula is C6H11NO3. The van der Waals surface area contributed by atoms with Gasteiger partial charge >= 0.3 is 5.97 Å². The van der Waals surface area contributed by atoms with Gasteiger partial charge in [0.25, 0.3) is 0 Å². The fourth-order valence-corrected chi connectivity index (χ4v) is 0.572. The fraction of sp³-hybridized carbons (Fsp3) is 0.667. The highest BCUT2D eigenvalue weighted by Crippen LogP contribution is 1.97. The van der Waals surface area contributed by atoms with E-state index in [1.165, 1.54) is 14.0 Å². The van der Waals surface area contributed by atoms with Crippen LogP contribution in [0.1, 0.15) is 13.3 Å². The quantitative estimate of drug-likeness (QED) is 0.566. The molecule has 4 nitrogen and oxygen atoms in total. The number of carboxylic acids is 1. The van der Waals surface area contributed by atoms with Crippen molar-refractivity contribution in [1.82, 2.24) is 0 Å². The number of hydrogen-bond donors (Lipinski definition) is 2. The molecule has 0 aromatic rings. The van der Waals surface area contributed by atoms with Crippen molar-refractivity contribution in [2.75, 3.05) is 7.11 Å². The molecule has 1 atom stereocenters. The van der Waals surface area contributed by atoms with Crippen molar-refractivity contribution in [2.45, 2.75) is 19.4 Å². The van der Waals surface area contributed by atoms with Crippen LogP contribution in [0.25, 0.3) is 0 Å². The summed E-state index contributed by atoms with van der Waals surface area (Å²) in [6, 6.07) is 0. The van der Waals surface area contributed by atoms with Gasteiger partial charge in [0, 0.05) is 12.8 Å².